The number of likely N-dealkylation sites (tertiary alicyclic amines) is 1. The summed E-state index contributed by atoms with van der Waals surface area (Å²) in [6, 6.07) is 0. The first-order valence-electron chi connectivity index (χ1n) is 6.88. The Balaban J connectivity index is 2.32. The molecule has 1 rings (SSSR count). The van der Waals surface area contributed by atoms with Crippen LogP contribution in [0.4, 0.5) is 0 Å². The van der Waals surface area contributed by atoms with Gasteiger partial charge in [-0.25, -0.2) is 0 Å². The molecule has 0 amide bonds. The summed E-state index contributed by atoms with van der Waals surface area (Å²) in [5.41, 5.74) is 5.47. The molecule has 18 heavy (non-hydrogen) atoms. The molecular formula is C13H26N2O2S. The molecule has 106 valence electrons. The van der Waals surface area contributed by atoms with Crippen molar-refractivity contribution in [1.82, 2.24) is 4.90 Å². The van der Waals surface area contributed by atoms with Crippen LogP contribution in [-0.4, -0.2) is 54.9 Å². The predicted octanol–water partition coefficient (Wildman–Crippen LogP) is 1.57. The van der Waals surface area contributed by atoms with Crippen LogP contribution in [-0.2, 0) is 9.47 Å². The van der Waals surface area contributed by atoms with Gasteiger partial charge < -0.3 is 20.1 Å². The predicted molar refractivity (Wildman–Crippen MR) is 77.9 cm³/mol. The lowest BCUT2D eigenvalue weighted by atomic mass is 9.91. The normalized spacial score (nSPS) is 19.9. The van der Waals surface area contributed by atoms with E-state index in [-0.39, 0.29) is 5.60 Å². The minimum atomic E-state index is -0.370. The van der Waals surface area contributed by atoms with Crippen LogP contribution in [0.1, 0.15) is 33.1 Å². The van der Waals surface area contributed by atoms with Crippen molar-refractivity contribution >= 4 is 17.2 Å². The number of nitrogens with zero attached hydrogens (tertiary/aromatic N) is 1. The van der Waals surface area contributed by atoms with Crippen molar-refractivity contribution in [2.45, 2.75) is 38.7 Å². The summed E-state index contributed by atoms with van der Waals surface area (Å²) >= 11 is 5.16. The number of rotatable bonds is 8. The molecule has 1 saturated heterocycles. The zero-order valence-corrected chi connectivity index (χ0v) is 12.4. The lowest BCUT2D eigenvalue weighted by Crippen LogP contribution is -2.53. The maximum absolute atomic E-state index is 5.84. The highest BCUT2D eigenvalue weighted by Gasteiger charge is 2.37. The minimum absolute atomic E-state index is 0.370. The molecule has 0 aliphatic carbocycles. The molecule has 0 atom stereocenters. The van der Waals surface area contributed by atoms with Crippen LogP contribution in [0.3, 0.4) is 0 Å². The van der Waals surface area contributed by atoms with Crippen LogP contribution < -0.4 is 5.73 Å². The van der Waals surface area contributed by atoms with Gasteiger partial charge in [0.2, 0.25) is 0 Å². The fraction of sp³-hybridized carbons (Fsp3) is 0.923. The third-order valence-electron chi connectivity index (χ3n) is 3.43. The van der Waals surface area contributed by atoms with Gasteiger partial charge in [-0.1, -0.05) is 19.1 Å². The van der Waals surface area contributed by atoms with E-state index >= 15 is 0 Å². The molecule has 0 saturated carbocycles. The highest BCUT2D eigenvalue weighted by atomic mass is 32.1. The first-order valence-corrected chi connectivity index (χ1v) is 7.29. The van der Waals surface area contributed by atoms with E-state index in [0.717, 1.165) is 52.1 Å². The summed E-state index contributed by atoms with van der Waals surface area (Å²) in [7, 11) is 0. The molecule has 0 unspecified atom stereocenters. The summed E-state index contributed by atoms with van der Waals surface area (Å²) in [4.78, 5) is 2.90. The Morgan fingerprint density at radius 3 is 2.44 bits per heavy atom. The Kier molecular flexibility index (Phi) is 7.07. The van der Waals surface area contributed by atoms with E-state index in [0.29, 0.717) is 11.6 Å². The van der Waals surface area contributed by atoms with Crippen molar-refractivity contribution in [1.29, 1.82) is 0 Å². The van der Waals surface area contributed by atoms with Gasteiger partial charge in [-0.15, -0.1) is 0 Å². The second-order valence-corrected chi connectivity index (χ2v) is 5.19. The number of hydrogen-bond acceptors (Lipinski definition) is 4. The van der Waals surface area contributed by atoms with Gasteiger partial charge >= 0.3 is 0 Å². The van der Waals surface area contributed by atoms with Crippen molar-refractivity contribution < 1.29 is 9.47 Å². The SMILES string of the molecule is CCCOCCN1CCC(OCC)(C(N)=S)CC1. The molecule has 4 nitrogen and oxygen atoms in total. The van der Waals surface area contributed by atoms with Crippen LogP contribution in [0.25, 0.3) is 0 Å². The van der Waals surface area contributed by atoms with Crippen molar-refractivity contribution in [2.75, 3.05) is 39.5 Å². The molecule has 1 aliphatic heterocycles. The Morgan fingerprint density at radius 1 is 1.28 bits per heavy atom. The monoisotopic (exact) mass is 274 g/mol. The van der Waals surface area contributed by atoms with Gasteiger partial charge in [0.15, 0.2) is 0 Å². The topological polar surface area (TPSA) is 47.7 Å². The highest BCUT2D eigenvalue weighted by molar-refractivity contribution is 7.80. The molecule has 1 heterocycles. The summed E-state index contributed by atoms with van der Waals surface area (Å²) in [6.45, 7) is 9.38. The number of piperidine rings is 1. The number of hydrogen-bond donors (Lipinski definition) is 1. The van der Waals surface area contributed by atoms with E-state index in [1.54, 1.807) is 0 Å². The zero-order chi connectivity index (χ0) is 13.4. The summed E-state index contributed by atoms with van der Waals surface area (Å²) in [5.74, 6) is 0. The molecule has 0 spiro atoms. The van der Waals surface area contributed by atoms with Crippen LogP contribution in [0.5, 0.6) is 0 Å². The molecule has 0 aromatic rings. The van der Waals surface area contributed by atoms with Crippen molar-refractivity contribution in [3.63, 3.8) is 0 Å². The van der Waals surface area contributed by atoms with Crippen molar-refractivity contribution in [3.8, 4) is 0 Å². The summed E-state index contributed by atoms with van der Waals surface area (Å²) in [6.07, 6.45) is 2.86. The van der Waals surface area contributed by atoms with Crippen molar-refractivity contribution in [3.05, 3.63) is 0 Å². The number of thiocarbonyl (C=S) groups is 1. The molecule has 1 fully saturated rings. The maximum Gasteiger partial charge on any atom is 0.120 e. The average Bonchev–Trinajstić information content (AvgIpc) is 2.37. The van der Waals surface area contributed by atoms with Gasteiger partial charge in [-0.2, -0.15) is 0 Å². The van der Waals surface area contributed by atoms with E-state index < -0.39 is 0 Å². The first kappa shape index (κ1) is 15.8. The van der Waals surface area contributed by atoms with Crippen LogP contribution in [0.2, 0.25) is 0 Å². The lowest BCUT2D eigenvalue weighted by Gasteiger charge is -2.40. The molecule has 5 heteroatoms. The second kappa shape index (κ2) is 8.04. The summed E-state index contributed by atoms with van der Waals surface area (Å²) in [5, 5.41) is 0. The van der Waals surface area contributed by atoms with E-state index in [1.807, 2.05) is 6.92 Å². The smallest absolute Gasteiger partial charge is 0.120 e. The molecule has 0 aromatic carbocycles. The highest BCUT2D eigenvalue weighted by Crippen LogP contribution is 2.26. The molecule has 0 radical (unpaired) electrons. The Bertz CT molecular complexity index is 253. The van der Waals surface area contributed by atoms with Gasteiger partial charge in [0.25, 0.3) is 0 Å². The quantitative estimate of drug-likeness (QED) is 0.538. The standard InChI is InChI=1S/C13H26N2O2S/c1-3-10-16-11-9-15-7-5-13(6-8-15,12(14)18)17-4-2/h3-11H2,1-2H3,(H2,14,18). The molecule has 2 N–H and O–H groups in total. The molecule has 1 aliphatic rings. The van der Waals surface area contributed by atoms with E-state index in [4.69, 9.17) is 27.4 Å². The Hall–Kier alpha value is -0.230. The van der Waals surface area contributed by atoms with E-state index in [9.17, 15) is 0 Å². The second-order valence-electron chi connectivity index (χ2n) is 4.75. The maximum atomic E-state index is 5.84. The van der Waals surface area contributed by atoms with Crippen molar-refractivity contribution in [2.24, 2.45) is 5.73 Å². The number of ether oxygens (including phenoxy) is 2. The van der Waals surface area contributed by atoms with Gasteiger partial charge in [0.05, 0.1) is 6.61 Å². The minimum Gasteiger partial charge on any atom is -0.391 e. The third-order valence-corrected chi connectivity index (χ3v) is 3.81. The molecule has 0 bridgehead atoms. The average molecular weight is 274 g/mol. The number of nitrogens with two attached hydrogens (primary N) is 1. The molecule has 0 aromatic heterocycles. The fourth-order valence-electron chi connectivity index (χ4n) is 2.32. The summed E-state index contributed by atoms with van der Waals surface area (Å²) < 4.78 is 11.3. The fourth-order valence-corrected chi connectivity index (χ4v) is 2.58. The Labute approximate surface area is 116 Å². The Morgan fingerprint density at radius 2 is 1.94 bits per heavy atom. The molecular weight excluding hydrogens is 248 g/mol. The van der Waals surface area contributed by atoms with Crippen LogP contribution in [0.15, 0.2) is 0 Å². The van der Waals surface area contributed by atoms with Crippen LogP contribution >= 0.6 is 12.2 Å². The van der Waals surface area contributed by atoms with Gasteiger partial charge in [0, 0.05) is 32.8 Å². The van der Waals surface area contributed by atoms with E-state index in [2.05, 4.69) is 11.8 Å². The lowest BCUT2D eigenvalue weighted by molar-refractivity contribution is -0.0326. The van der Waals surface area contributed by atoms with Gasteiger partial charge in [0.1, 0.15) is 10.6 Å². The largest absolute Gasteiger partial charge is 0.391 e. The van der Waals surface area contributed by atoms with Gasteiger partial charge in [-0.3, -0.25) is 0 Å². The van der Waals surface area contributed by atoms with Crippen LogP contribution in [0, 0.1) is 0 Å². The zero-order valence-electron chi connectivity index (χ0n) is 11.6. The van der Waals surface area contributed by atoms with E-state index in [1.165, 1.54) is 0 Å². The first-order chi connectivity index (χ1) is 8.64. The third kappa shape index (κ3) is 4.46. The van der Waals surface area contributed by atoms with Gasteiger partial charge in [-0.05, 0) is 26.2 Å².